The predicted molar refractivity (Wildman–Crippen MR) is 84.8 cm³/mol. The van der Waals surface area contributed by atoms with Gasteiger partial charge < -0.3 is 9.64 Å². The number of rotatable bonds is 4. The third-order valence-electron chi connectivity index (χ3n) is 3.99. The Balaban J connectivity index is 1.76. The Hall–Kier alpha value is -2.23. The van der Waals surface area contributed by atoms with Gasteiger partial charge in [0, 0.05) is 39.8 Å². The topological polar surface area (TPSA) is 65.3 Å². The van der Waals surface area contributed by atoms with Crippen LogP contribution in [0.2, 0.25) is 0 Å². The van der Waals surface area contributed by atoms with Crippen LogP contribution >= 0.6 is 0 Å². The summed E-state index contributed by atoms with van der Waals surface area (Å²) in [6.07, 6.45) is 1.80. The number of anilines is 1. The van der Waals surface area contributed by atoms with Crippen molar-refractivity contribution in [1.29, 1.82) is 5.26 Å². The average Bonchev–Trinajstić information content (AvgIpc) is 2.59. The van der Waals surface area contributed by atoms with Crippen molar-refractivity contribution in [3.05, 3.63) is 30.0 Å². The molecule has 0 atom stereocenters. The summed E-state index contributed by atoms with van der Waals surface area (Å²) < 4.78 is 5.12. The number of fused-ring (bicyclic) bond motifs is 1. The highest BCUT2D eigenvalue weighted by Crippen LogP contribution is 2.19. The molecule has 0 aliphatic carbocycles. The van der Waals surface area contributed by atoms with Gasteiger partial charge in [0.2, 0.25) is 0 Å². The number of methoxy groups -OCH3 is 1. The fourth-order valence-electron chi connectivity index (χ4n) is 2.69. The van der Waals surface area contributed by atoms with E-state index in [9.17, 15) is 5.26 Å². The minimum atomic E-state index is 0.575. The summed E-state index contributed by atoms with van der Waals surface area (Å²) >= 11 is 0. The van der Waals surface area contributed by atoms with Gasteiger partial charge in [0.05, 0.1) is 23.9 Å². The fourth-order valence-corrected chi connectivity index (χ4v) is 2.69. The van der Waals surface area contributed by atoms with Crippen LogP contribution in [-0.2, 0) is 4.74 Å². The second-order valence-corrected chi connectivity index (χ2v) is 5.33. The van der Waals surface area contributed by atoms with E-state index < -0.39 is 0 Å². The van der Waals surface area contributed by atoms with E-state index in [1.54, 1.807) is 19.4 Å². The van der Waals surface area contributed by atoms with Gasteiger partial charge in [-0.05, 0) is 12.1 Å². The highest BCUT2D eigenvalue weighted by molar-refractivity contribution is 5.81. The third kappa shape index (κ3) is 3.01. The van der Waals surface area contributed by atoms with Crippen LogP contribution in [-0.4, -0.2) is 61.3 Å². The lowest BCUT2D eigenvalue weighted by Gasteiger charge is -2.35. The summed E-state index contributed by atoms with van der Waals surface area (Å²) in [5.74, 6) is 0.849. The van der Waals surface area contributed by atoms with Gasteiger partial charge in [-0.3, -0.25) is 9.88 Å². The lowest BCUT2D eigenvalue weighted by atomic mass is 10.2. The molecule has 0 saturated carbocycles. The number of nitrogens with zero attached hydrogens (tertiary/aromatic N) is 5. The molecule has 0 amide bonds. The minimum Gasteiger partial charge on any atom is -0.383 e. The first-order valence-corrected chi connectivity index (χ1v) is 7.44. The molecule has 1 fully saturated rings. The lowest BCUT2D eigenvalue weighted by Crippen LogP contribution is -2.47. The van der Waals surface area contributed by atoms with Crippen LogP contribution in [0.5, 0.6) is 0 Å². The van der Waals surface area contributed by atoms with Crippen molar-refractivity contribution in [2.45, 2.75) is 0 Å². The number of ether oxygens (including phenoxy) is 1. The number of nitriles is 1. The minimum absolute atomic E-state index is 0.575. The molecule has 1 aromatic heterocycles. The predicted octanol–water partition coefficient (Wildman–Crippen LogP) is 1.27. The van der Waals surface area contributed by atoms with Crippen LogP contribution in [0, 0.1) is 11.3 Å². The lowest BCUT2D eigenvalue weighted by molar-refractivity contribution is 0.144. The van der Waals surface area contributed by atoms with Crippen molar-refractivity contribution >= 4 is 16.9 Å². The van der Waals surface area contributed by atoms with Gasteiger partial charge in [0.25, 0.3) is 0 Å². The smallest absolute Gasteiger partial charge is 0.147 e. The van der Waals surface area contributed by atoms with Gasteiger partial charge in [-0.1, -0.05) is 6.07 Å². The summed E-state index contributed by atoms with van der Waals surface area (Å²) in [4.78, 5) is 13.7. The van der Waals surface area contributed by atoms with E-state index in [-0.39, 0.29) is 0 Å². The van der Waals surface area contributed by atoms with Crippen molar-refractivity contribution < 1.29 is 4.74 Å². The quantitative estimate of drug-likeness (QED) is 0.847. The van der Waals surface area contributed by atoms with Crippen molar-refractivity contribution in [3.63, 3.8) is 0 Å². The summed E-state index contributed by atoms with van der Waals surface area (Å²) in [7, 11) is 1.73. The summed E-state index contributed by atoms with van der Waals surface area (Å²) in [5.41, 5.74) is 2.02. The van der Waals surface area contributed by atoms with Crippen LogP contribution in [0.25, 0.3) is 11.0 Å². The third-order valence-corrected chi connectivity index (χ3v) is 3.99. The number of aromatic nitrogens is 2. The van der Waals surface area contributed by atoms with E-state index in [1.807, 2.05) is 12.1 Å². The Labute approximate surface area is 129 Å². The van der Waals surface area contributed by atoms with Gasteiger partial charge in [-0.15, -0.1) is 0 Å². The monoisotopic (exact) mass is 297 g/mol. The number of piperazine rings is 1. The average molecular weight is 297 g/mol. The summed E-state index contributed by atoms with van der Waals surface area (Å²) in [6.45, 7) is 5.54. The van der Waals surface area contributed by atoms with Gasteiger partial charge in [-0.2, -0.15) is 5.26 Å². The molecule has 0 N–H and O–H groups in total. The van der Waals surface area contributed by atoms with Crippen LogP contribution in [0.4, 0.5) is 5.82 Å². The van der Waals surface area contributed by atoms with Gasteiger partial charge in [0.1, 0.15) is 17.4 Å². The number of hydrogen-bond acceptors (Lipinski definition) is 6. The maximum absolute atomic E-state index is 9.20. The molecule has 3 rings (SSSR count). The van der Waals surface area contributed by atoms with Crippen molar-refractivity contribution in [2.75, 3.05) is 51.3 Å². The Morgan fingerprint density at radius 3 is 2.82 bits per heavy atom. The molecule has 1 saturated heterocycles. The van der Waals surface area contributed by atoms with Gasteiger partial charge in [-0.25, -0.2) is 4.98 Å². The van der Waals surface area contributed by atoms with E-state index in [0.29, 0.717) is 11.1 Å². The molecule has 1 aliphatic rings. The maximum Gasteiger partial charge on any atom is 0.147 e. The largest absolute Gasteiger partial charge is 0.383 e. The SMILES string of the molecule is COCCN1CCN(c2cnc3cccc(C#N)c3n2)CC1. The zero-order valence-electron chi connectivity index (χ0n) is 12.7. The Bertz CT molecular complexity index is 688. The molecular weight excluding hydrogens is 278 g/mol. The maximum atomic E-state index is 9.20. The summed E-state index contributed by atoms with van der Waals surface area (Å²) in [6, 6.07) is 7.69. The zero-order valence-corrected chi connectivity index (χ0v) is 12.7. The molecule has 0 radical (unpaired) electrons. The molecule has 6 heteroatoms. The second kappa shape index (κ2) is 6.69. The van der Waals surface area contributed by atoms with Crippen LogP contribution in [0.3, 0.4) is 0 Å². The molecule has 22 heavy (non-hydrogen) atoms. The van der Waals surface area contributed by atoms with Crippen molar-refractivity contribution in [1.82, 2.24) is 14.9 Å². The number of hydrogen-bond donors (Lipinski definition) is 0. The Morgan fingerprint density at radius 1 is 1.27 bits per heavy atom. The van der Waals surface area contributed by atoms with Crippen molar-refractivity contribution in [3.8, 4) is 6.07 Å². The van der Waals surface area contributed by atoms with E-state index in [2.05, 4.69) is 25.8 Å². The van der Waals surface area contributed by atoms with Crippen LogP contribution in [0.1, 0.15) is 5.56 Å². The normalized spacial score (nSPS) is 15.9. The van der Waals surface area contributed by atoms with Gasteiger partial charge in [0.15, 0.2) is 0 Å². The summed E-state index contributed by atoms with van der Waals surface area (Å²) in [5, 5.41) is 9.20. The van der Waals surface area contributed by atoms with E-state index in [0.717, 1.165) is 50.7 Å². The molecule has 2 heterocycles. The zero-order chi connectivity index (χ0) is 15.4. The first-order chi connectivity index (χ1) is 10.8. The van der Waals surface area contributed by atoms with E-state index >= 15 is 0 Å². The molecule has 114 valence electrons. The highest BCUT2D eigenvalue weighted by atomic mass is 16.5. The molecule has 1 aromatic carbocycles. The van der Waals surface area contributed by atoms with Crippen molar-refractivity contribution in [2.24, 2.45) is 0 Å². The van der Waals surface area contributed by atoms with Crippen LogP contribution in [0.15, 0.2) is 24.4 Å². The molecule has 0 unspecified atom stereocenters. The molecule has 6 nitrogen and oxygen atoms in total. The molecule has 0 bridgehead atoms. The number of para-hydroxylation sites is 1. The highest BCUT2D eigenvalue weighted by Gasteiger charge is 2.18. The second-order valence-electron chi connectivity index (χ2n) is 5.33. The Kier molecular flexibility index (Phi) is 4.47. The van der Waals surface area contributed by atoms with E-state index in [4.69, 9.17) is 4.74 Å². The number of benzene rings is 1. The van der Waals surface area contributed by atoms with Crippen LogP contribution < -0.4 is 4.90 Å². The van der Waals surface area contributed by atoms with Gasteiger partial charge >= 0.3 is 0 Å². The fraction of sp³-hybridized carbons (Fsp3) is 0.438. The molecule has 0 spiro atoms. The molecule has 1 aliphatic heterocycles. The molecule has 2 aromatic rings. The first-order valence-electron chi connectivity index (χ1n) is 7.44. The van der Waals surface area contributed by atoms with E-state index in [1.165, 1.54) is 0 Å². The standard InChI is InChI=1S/C16H19N5O/c1-22-10-9-20-5-7-21(8-6-20)15-12-18-14-4-2-3-13(11-17)16(14)19-15/h2-4,12H,5-10H2,1H3. The molecular formula is C16H19N5O. The first kappa shape index (κ1) is 14.7. The Morgan fingerprint density at radius 2 is 2.09 bits per heavy atom.